The molecule has 1 unspecified atom stereocenters. The van der Waals surface area contributed by atoms with Crippen LogP contribution in [-0.4, -0.2) is 19.8 Å². The van der Waals surface area contributed by atoms with Gasteiger partial charge in [-0.3, -0.25) is 0 Å². The molecule has 1 atom stereocenters. The van der Waals surface area contributed by atoms with E-state index in [1.54, 1.807) is 7.11 Å². The van der Waals surface area contributed by atoms with E-state index >= 15 is 0 Å². The van der Waals surface area contributed by atoms with E-state index in [-0.39, 0.29) is 0 Å². The van der Waals surface area contributed by atoms with Gasteiger partial charge in [0.05, 0.1) is 7.11 Å². The van der Waals surface area contributed by atoms with Crippen molar-refractivity contribution < 1.29 is 9.47 Å². The van der Waals surface area contributed by atoms with Gasteiger partial charge in [0.1, 0.15) is 17.6 Å². The minimum atomic E-state index is -0.419. The maximum absolute atomic E-state index is 9.00. The number of rotatable bonds is 8. The Morgan fingerprint density at radius 2 is 2.16 bits per heavy atom. The molecule has 0 aliphatic carbocycles. The number of hydrogen-bond acceptors (Lipinski definition) is 4. The average molecular weight is 262 g/mol. The molecule has 0 saturated heterocycles. The van der Waals surface area contributed by atoms with Gasteiger partial charge in [-0.2, -0.15) is 5.26 Å². The SMILES string of the molecule is CCCNCc1ccc(OC)cc1OC(C#N)CC. The normalized spacial score (nSPS) is 11.7. The Hall–Kier alpha value is -1.73. The highest BCUT2D eigenvalue weighted by molar-refractivity contribution is 5.41. The van der Waals surface area contributed by atoms with Gasteiger partial charge in [0.25, 0.3) is 0 Å². The summed E-state index contributed by atoms with van der Waals surface area (Å²) in [5.74, 6) is 1.46. The summed E-state index contributed by atoms with van der Waals surface area (Å²) in [7, 11) is 1.62. The molecule has 0 aromatic heterocycles. The third-order valence-electron chi connectivity index (χ3n) is 2.80. The van der Waals surface area contributed by atoms with Crippen molar-refractivity contribution in [1.29, 1.82) is 5.26 Å². The van der Waals surface area contributed by atoms with Crippen molar-refractivity contribution in [1.82, 2.24) is 5.32 Å². The molecule has 1 N–H and O–H groups in total. The number of benzene rings is 1. The van der Waals surface area contributed by atoms with Gasteiger partial charge in [0, 0.05) is 18.2 Å². The second kappa shape index (κ2) is 8.39. The highest BCUT2D eigenvalue weighted by atomic mass is 16.5. The molecule has 0 aliphatic heterocycles. The number of ether oxygens (including phenoxy) is 2. The van der Waals surface area contributed by atoms with Gasteiger partial charge in [-0.25, -0.2) is 0 Å². The van der Waals surface area contributed by atoms with Gasteiger partial charge in [-0.05, 0) is 25.5 Å². The average Bonchev–Trinajstić information content (AvgIpc) is 2.46. The minimum Gasteiger partial charge on any atom is -0.497 e. The Morgan fingerprint density at radius 3 is 2.74 bits per heavy atom. The molecule has 4 heteroatoms. The van der Waals surface area contributed by atoms with Gasteiger partial charge in [0.2, 0.25) is 0 Å². The number of nitriles is 1. The van der Waals surface area contributed by atoms with E-state index in [4.69, 9.17) is 14.7 Å². The van der Waals surface area contributed by atoms with Gasteiger partial charge in [-0.15, -0.1) is 0 Å². The predicted octanol–water partition coefficient (Wildman–Crippen LogP) is 2.88. The summed E-state index contributed by atoms with van der Waals surface area (Å²) in [5, 5.41) is 12.3. The Bertz CT molecular complexity index is 427. The van der Waals surface area contributed by atoms with Crippen molar-refractivity contribution in [2.45, 2.75) is 39.3 Å². The molecule has 0 saturated carbocycles. The fourth-order valence-electron chi connectivity index (χ4n) is 1.67. The molecule has 0 heterocycles. The molecule has 104 valence electrons. The number of nitrogens with one attached hydrogen (secondary N) is 1. The third kappa shape index (κ3) is 4.80. The lowest BCUT2D eigenvalue weighted by molar-refractivity contribution is 0.247. The topological polar surface area (TPSA) is 54.3 Å². The van der Waals surface area contributed by atoms with Crippen LogP contribution in [0.2, 0.25) is 0 Å². The number of methoxy groups -OCH3 is 1. The first kappa shape index (κ1) is 15.3. The smallest absolute Gasteiger partial charge is 0.184 e. The molecule has 1 aromatic rings. The summed E-state index contributed by atoms with van der Waals surface area (Å²) in [6.45, 7) is 5.75. The van der Waals surface area contributed by atoms with Crippen LogP contribution in [0.25, 0.3) is 0 Å². The third-order valence-corrected chi connectivity index (χ3v) is 2.80. The van der Waals surface area contributed by atoms with Gasteiger partial charge >= 0.3 is 0 Å². The molecule has 0 bridgehead atoms. The summed E-state index contributed by atoms with van der Waals surface area (Å²) >= 11 is 0. The molecule has 0 fully saturated rings. The Kier molecular flexibility index (Phi) is 6.76. The van der Waals surface area contributed by atoms with E-state index in [9.17, 15) is 0 Å². The highest BCUT2D eigenvalue weighted by Crippen LogP contribution is 2.26. The second-order valence-corrected chi connectivity index (χ2v) is 4.29. The maximum atomic E-state index is 9.00. The van der Waals surface area contributed by atoms with Crippen molar-refractivity contribution in [2.75, 3.05) is 13.7 Å². The Morgan fingerprint density at radius 1 is 1.37 bits per heavy atom. The molecule has 19 heavy (non-hydrogen) atoms. The van der Waals surface area contributed by atoms with E-state index in [2.05, 4.69) is 18.3 Å². The van der Waals surface area contributed by atoms with E-state index in [1.165, 1.54) is 0 Å². The van der Waals surface area contributed by atoms with Crippen LogP contribution in [0.5, 0.6) is 11.5 Å². The maximum Gasteiger partial charge on any atom is 0.184 e. The van der Waals surface area contributed by atoms with Crippen LogP contribution in [-0.2, 0) is 6.54 Å². The first-order valence-electron chi connectivity index (χ1n) is 6.69. The van der Waals surface area contributed by atoms with Crippen molar-refractivity contribution in [3.8, 4) is 17.6 Å². The van der Waals surface area contributed by atoms with E-state index in [1.807, 2.05) is 25.1 Å². The standard InChI is InChI=1S/C15H22N2O2/c1-4-8-17-11-12-6-7-14(18-3)9-15(12)19-13(5-2)10-16/h6-7,9,13,17H,4-5,8,11H2,1-3H3. The van der Waals surface area contributed by atoms with E-state index < -0.39 is 6.10 Å². The molecular formula is C15H22N2O2. The molecule has 0 spiro atoms. The number of hydrogen-bond donors (Lipinski definition) is 1. The van der Waals surface area contributed by atoms with E-state index in [0.717, 1.165) is 36.6 Å². The molecule has 1 rings (SSSR count). The van der Waals surface area contributed by atoms with Crippen LogP contribution in [0, 0.1) is 11.3 Å². The van der Waals surface area contributed by atoms with Gasteiger partial charge < -0.3 is 14.8 Å². The second-order valence-electron chi connectivity index (χ2n) is 4.29. The lowest BCUT2D eigenvalue weighted by Gasteiger charge is -2.16. The molecule has 4 nitrogen and oxygen atoms in total. The van der Waals surface area contributed by atoms with Crippen LogP contribution in [0.15, 0.2) is 18.2 Å². The number of nitrogens with zero attached hydrogens (tertiary/aromatic N) is 1. The lowest BCUT2D eigenvalue weighted by atomic mass is 10.1. The molecule has 0 aliphatic rings. The first-order chi connectivity index (χ1) is 9.24. The zero-order valence-electron chi connectivity index (χ0n) is 11.9. The summed E-state index contributed by atoms with van der Waals surface area (Å²) in [6.07, 6.45) is 1.33. The van der Waals surface area contributed by atoms with Crippen molar-refractivity contribution in [3.05, 3.63) is 23.8 Å². The zero-order valence-corrected chi connectivity index (χ0v) is 11.9. The molecule has 1 aromatic carbocycles. The first-order valence-corrected chi connectivity index (χ1v) is 6.69. The summed E-state index contributed by atoms with van der Waals surface area (Å²) in [5.41, 5.74) is 1.04. The Balaban J connectivity index is 2.86. The van der Waals surface area contributed by atoms with Crippen molar-refractivity contribution >= 4 is 0 Å². The molecular weight excluding hydrogens is 240 g/mol. The zero-order chi connectivity index (χ0) is 14.1. The van der Waals surface area contributed by atoms with Crippen LogP contribution in [0.1, 0.15) is 32.3 Å². The predicted molar refractivity (Wildman–Crippen MR) is 75.3 cm³/mol. The van der Waals surface area contributed by atoms with Crippen LogP contribution in [0.4, 0.5) is 0 Å². The highest BCUT2D eigenvalue weighted by Gasteiger charge is 2.11. The van der Waals surface area contributed by atoms with Crippen molar-refractivity contribution in [2.24, 2.45) is 0 Å². The van der Waals surface area contributed by atoms with Gasteiger partial charge in [-0.1, -0.05) is 19.9 Å². The van der Waals surface area contributed by atoms with Crippen LogP contribution < -0.4 is 14.8 Å². The quantitative estimate of drug-likeness (QED) is 0.732. The monoisotopic (exact) mass is 262 g/mol. The lowest BCUT2D eigenvalue weighted by Crippen LogP contribution is -2.17. The fourth-order valence-corrected chi connectivity index (χ4v) is 1.67. The van der Waals surface area contributed by atoms with Crippen molar-refractivity contribution in [3.63, 3.8) is 0 Å². The van der Waals surface area contributed by atoms with Crippen LogP contribution in [0.3, 0.4) is 0 Å². The van der Waals surface area contributed by atoms with E-state index in [0.29, 0.717) is 6.42 Å². The summed E-state index contributed by atoms with van der Waals surface area (Å²) in [6, 6.07) is 7.86. The summed E-state index contributed by atoms with van der Waals surface area (Å²) in [4.78, 5) is 0. The Labute approximate surface area is 115 Å². The van der Waals surface area contributed by atoms with Crippen LogP contribution >= 0.6 is 0 Å². The largest absolute Gasteiger partial charge is 0.497 e. The fraction of sp³-hybridized carbons (Fsp3) is 0.533. The molecule has 0 radical (unpaired) electrons. The minimum absolute atomic E-state index is 0.419. The molecule has 0 amide bonds. The van der Waals surface area contributed by atoms with Gasteiger partial charge in [0.15, 0.2) is 6.10 Å². The summed E-state index contributed by atoms with van der Waals surface area (Å²) < 4.78 is 10.9.